The zero-order valence-electron chi connectivity index (χ0n) is 11.6. The van der Waals surface area contributed by atoms with Crippen LogP contribution in [0.25, 0.3) is 0 Å². The first-order chi connectivity index (χ1) is 8.49. The predicted molar refractivity (Wildman–Crippen MR) is 72.7 cm³/mol. The Hall–Kier alpha value is -0.810. The van der Waals surface area contributed by atoms with Gasteiger partial charge < -0.3 is 20.9 Å². The molecule has 1 rings (SSSR count). The number of likely N-dealkylation sites (tertiary alicyclic amines) is 1. The maximum Gasteiger partial charge on any atom is 0.144 e. The van der Waals surface area contributed by atoms with Gasteiger partial charge >= 0.3 is 0 Å². The lowest BCUT2D eigenvalue weighted by molar-refractivity contribution is 0.117. The molecule has 106 valence electrons. The Morgan fingerprint density at radius 3 is 2.83 bits per heavy atom. The smallest absolute Gasteiger partial charge is 0.144 e. The Bertz CT molecular complexity index is 279. The molecule has 0 aromatic rings. The van der Waals surface area contributed by atoms with Crippen molar-refractivity contribution >= 4 is 5.84 Å². The van der Waals surface area contributed by atoms with Gasteiger partial charge in [0.2, 0.25) is 0 Å². The molecule has 0 spiro atoms. The molecule has 1 atom stereocenters. The van der Waals surface area contributed by atoms with Crippen molar-refractivity contribution in [3.05, 3.63) is 0 Å². The molecular formula is C13H27N3O2. The number of hydrogen-bond donors (Lipinski definition) is 3. The van der Waals surface area contributed by atoms with Crippen LogP contribution in [-0.2, 0) is 0 Å². The summed E-state index contributed by atoms with van der Waals surface area (Å²) in [7, 11) is 0. The minimum atomic E-state index is -0.249. The van der Waals surface area contributed by atoms with E-state index >= 15 is 0 Å². The van der Waals surface area contributed by atoms with Crippen molar-refractivity contribution in [2.24, 2.45) is 22.2 Å². The van der Waals surface area contributed by atoms with Crippen LogP contribution in [0.3, 0.4) is 0 Å². The van der Waals surface area contributed by atoms with Crippen molar-refractivity contribution in [2.45, 2.75) is 39.5 Å². The highest BCUT2D eigenvalue weighted by Crippen LogP contribution is 2.23. The zero-order valence-corrected chi connectivity index (χ0v) is 11.6. The third-order valence-electron chi connectivity index (χ3n) is 3.94. The summed E-state index contributed by atoms with van der Waals surface area (Å²) in [6.07, 6.45) is 4.25. The van der Waals surface area contributed by atoms with E-state index in [-0.39, 0.29) is 5.41 Å². The second kappa shape index (κ2) is 6.95. The van der Waals surface area contributed by atoms with Crippen LogP contribution in [0.5, 0.6) is 0 Å². The first kappa shape index (κ1) is 15.2. The fourth-order valence-corrected chi connectivity index (χ4v) is 2.51. The highest BCUT2D eigenvalue weighted by Gasteiger charge is 2.24. The number of piperidine rings is 1. The number of nitrogens with two attached hydrogens (primary N) is 1. The van der Waals surface area contributed by atoms with Crippen molar-refractivity contribution in [2.75, 3.05) is 26.2 Å². The average molecular weight is 257 g/mol. The van der Waals surface area contributed by atoms with Gasteiger partial charge in [0.1, 0.15) is 5.84 Å². The molecule has 1 saturated heterocycles. The molecule has 0 aromatic carbocycles. The minimum absolute atomic E-state index is 0.249. The van der Waals surface area contributed by atoms with Gasteiger partial charge in [-0.15, -0.1) is 0 Å². The Labute approximate surface area is 110 Å². The Morgan fingerprint density at radius 2 is 2.22 bits per heavy atom. The van der Waals surface area contributed by atoms with Crippen molar-refractivity contribution in [3.63, 3.8) is 0 Å². The van der Waals surface area contributed by atoms with Gasteiger partial charge in [0.25, 0.3) is 0 Å². The predicted octanol–water partition coefficient (Wildman–Crippen LogP) is 1.24. The number of rotatable bonds is 6. The normalized spacial score (nSPS) is 23.3. The van der Waals surface area contributed by atoms with E-state index < -0.39 is 0 Å². The Morgan fingerprint density at radius 1 is 1.50 bits per heavy atom. The lowest BCUT2D eigenvalue weighted by Gasteiger charge is -2.32. The van der Waals surface area contributed by atoms with E-state index in [1.807, 2.05) is 13.8 Å². The fraction of sp³-hybridized carbons (Fsp3) is 0.923. The molecule has 0 bridgehead atoms. The third-order valence-corrected chi connectivity index (χ3v) is 3.94. The molecule has 1 unspecified atom stereocenters. The summed E-state index contributed by atoms with van der Waals surface area (Å²) in [6, 6.07) is 0. The molecule has 0 aromatic heterocycles. The molecule has 0 radical (unpaired) electrons. The third kappa shape index (κ3) is 4.46. The fourth-order valence-electron chi connectivity index (χ4n) is 2.51. The number of hydrogen-bond acceptors (Lipinski definition) is 4. The van der Waals surface area contributed by atoms with E-state index in [1.165, 1.54) is 6.42 Å². The lowest BCUT2D eigenvalue weighted by atomic mass is 9.86. The van der Waals surface area contributed by atoms with Crippen LogP contribution in [0.1, 0.15) is 39.5 Å². The molecule has 0 saturated carbocycles. The van der Waals surface area contributed by atoms with Gasteiger partial charge in [-0.05, 0) is 44.7 Å². The summed E-state index contributed by atoms with van der Waals surface area (Å²) in [5, 5.41) is 21.0. The van der Waals surface area contributed by atoms with Crippen LogP contribution in [0.4, 0.5) is 0 Å². The summed E-state index contributed by atoms with van der Waals surface area (Å²) in [5.41, 5.74) is 5.42. The van der Waals surface area contributed by atoms with Gasteiger partial charge in [-0.3, -0.25) is 0 Å². The number of nitrogens with zero attached hydrogens (tertiary/aromatic N) is 2. The zero-order chi connectivity index (χ0) is 13.6. The van der Waals surface area contributed by atoms with Gasteiger partial charge in [0.05, 0.1) is 0 Å². The number of aliphatic hydroxyl groups excluding tert-OH is 1. The van der Waals surface area contributed by atoms with Crippen molar-refractivity contribution < 1.29 is 10.3 Å². The lowest BCUT2D eigenvalue weighted by Crippen LogP contribution is -2.38. The van der Waals surface area contributed by atoms with E-state index in [9.17, 15) is 5.11 Å². The van der Waals surface area contributed by atoms with Gasteiger partial charge in [-0.25, -0.2) is 0 Å². The molecule has 0 aliphatic carbocycles. The van der Waals surface area contributed by atoms with Gasteiger partial charge in [0, 0.05) is 18.6 Å². The van der Waals surface area contributed by atoms with E-state index in [0.717, 1.165) is 38.9 Å². The summed E-state index contributed by atoms with van der Waals surface area (Å²) in [4.78, 5) is 2.41. The molecule has 5 nitrogen and oxygen atoms in total. The molecule has 1 aliphatic heterocycles. The van der Waals surface area contributed by atoms with Crippen LogP contribution >= 0.6 is 0 Å². The van der Waals surface area contributed by atoms with Gasteiger partial charge in [-0.1, -0.05) is 19.0 Å². The van der Waals surface area contributed by atoms with Gasteiger partial charge in [-0.2, -0.15) is 0 Å². The van der Waals surface area contributed by atoms with Crippen LogP contribution < -0.4 is 5.73 Å². The van der Waals surface area contributed by atoms with Crippen molar-refractivity contribution in [3.8, 4) is 0 Å². The summed E-state index contributed by atoms with van der Waals surface area (Å²) >= 11 is 0. The minimum Gasteiger partial charge on any atom is -0.409 e. The average Bonchev–Trinajstić information content (AvgIpc) is 2.37. The van der Waals surface area contributed by atoms with E-state index in [1.54, 1.807) is 0 Å². The quantitative estimate of drug-likeness (QED) is 0.289. The molecule has 1 heterocycles. The Balaban J connectivity index is 2.29. The number of aliphatic hydroxyl groups is 1. The maximum absolute atomic E-state index is 9.18. The van der Waals surface area contributed by atoms with E-state index in [0.29, 0.717) is 18.4 Å². The summed E-state index contributed by atoms with van der Waals surface area (Å²) in [5.74, 6) is 0.741. The van der Waals surface area contributed by atoms with Crippen LogP contribution in [0, 0.1) is 11.3 Å². The highest BCUT2D eigenvalue weighted by molar-refractivity contribution is 5.85. The highest BCUT2D eigenvalue weighted by atomic mass is 16.4. The van der Waals surface area contributed by atoms with Gasteiger partial charge in [0.15, 0.2) is 0 Å². The van der Waals surface area contributed by atoms with Crippen molar-refractivity contribution in [1.29, 1.82) is 0 Å². The largest absolute Gasteiger partial charge is 0.409 e. The summed E-state index contributed by atoms with van der Waals surface area (Å²) in [6.45, 7) is 7.44. The molecule has 5 heteroatoms. The second-order valence-electron chi connectivity index (χ2n) is 5.96. The maximum atomic E-state index is 9.18. The second-order valence-corrected chi connectivity index (χ2v) is 5.96. The molecule has 18 heavy (non-hydrogen) atoms. The summed E-state index contributed by atoms with van der Waals surface area (Å²) < 4.78 is 0. The van der Waals surface area contributed by atoms with Crippen LogP contribution in [-0.4, -0.2) is 47.3 Å². The van der Waals surface area contributed by atoms with E-state index in [2.05, 4.69) is 10.1 Å². The number of oxime groups is 1. The molecule has 0 amide bonds. The molecule has 4 N–H and O–H groups in total. The van der Waals surface area contributed by atoms with E-state index in [4.69, 9.17) is 10.9 Å². The standard InChI is InChI=1S/C13H27N3O2/c1-13(2,12(14)15-18)6-4-8-16-7-3-5-11(9-16)10-17/h11,17-18H,3-10H2,1-2H3,(H2,14,15). The monoisotopic (exact) mass is 257 g/mol. The SMILES string of the molecule is CC(C)(CCCN1CCCC(CO)C1)C(N)=NO. The Kier molecular flexibility index (Phi) is 5.88. The molecular weight excluding hydrogens is 230 g/mol. The first-order valence-electron chi connectivity index (χ1n) is 6.81. The molecule has 1 aliphatic rings. The van der Waals surface area contributed by atoms with Crippen LogP contribution in [0.15, 0.2) is 5.16 Å². The number of amidine groups is 1. The van der Waals surface area contributed by atoms with Crippen molar-refractivity contribution in [1.82, 2.24) is 4.90 Å². The topological polar surface area (TPSA) is 82.1 Å². The molecule has 1 fully saturated rings. The van der Waals surface area contributed by atoms with Crippen LogP contribution in [0.2, 0.25) is 0 Å². The first-order valence-corrected chi connectivity index (χ1v) is 6.81.